The molecule has 146 valence electrons. The van der Waals surface area contributed by atoms with E-state index in [9.17, 15) is 19.2 Å². The maximum atomic E-state index is 12.6. The van der Waals surface area contributed by atoms with E-state index in [1.54, 1.807) is 48.5 Å². The molecule has 7 heteroatoms. The molecular weight excluding hydrogens is 360 g/mol. The fourth-order valence-electron chi connectivity index (χ4n) is 2.57. The summed E-state index contributed by atoms with van der Waals surface area (Å²) in [5, 5.41) is 13.6. The number of Topliss-reactive ketones (excluding diaryl/α,β-unsaturated/α-hetero) is 1. The molecule has 0 heterocycles. The van der Waals surface area contributed by atoms with E-state index in [1.807, 2.05) is 12.1 Å². The summed E-state index contributed by atoms with van der Waals surface area (Å²) in [6, 6.07) is 15.6. The average molecular weight is 382 g/mol. The first-order valence-electron chi connectivity index (χ1n) is 8.81. The predicted molar refractivity (Wildman–Crippen MR) is 102 cm³/mol. The third-order valence-corrected chi connectivity index (χ3v) is 4.08. The molecule has 2 rings (SSSR count). The van der Waals surface area contributed by atoms with Gasteiger partial charge in [-0.05, 0) is 18.1 Å². The summed E-state index contributed by atoms with van der Waals surface area (Å²) in [5.74, 6) is -3.59. The Morgan fingerprint density at radius 2 is 1.39 bits per heavy atom. The smallest absolute Gasteiger partial charge is 0.325 e. The van der Waals surface area contributed by atoms with Gasteiger partial charge in [0.15, 0.2) is 0 Å². The van der Waals surface area contributed by atoms with E-state index in [4.69, 9.17) is 5.11 Å². The van der Waals surface area contributed by atoms with Crippen molar-refractivity contribution in [2.45, 2.75) is 31.8 Å². The van der Waals surface area contributed by atoms with Crippen LogP contribution in [-0.2, 0) is 32.0 Å². The number of carbonyl (C=O) groups is 4. The Labute approximate surface area is 162 Å². The van der Waals surface area contributed by atoms with E-state index in [-0.39, 0.29) is 12.8 Å². The first-order valence-corrected chi connectivity index (χ1v) is 8.81. The van der Waals surface area contributed by atoms with Crippen molar-refractivity contribution in [2.24, 2.45) is 0 Å². The van der Waals surface area contributed by atoms with E-state index < -0.39 is 35.7 Å². The van der Waals surface area contributed by atoms with Gasteiger partial charge in [-0.3, -0.25) is 19.2 Å². The molecular formula is C21H22N2O5. The number of carboxylic acid groups (broad SMARTS) is 1. The highest BCUT2D eigenvalue weighted by Crippen LogP contribution is 2.06. The van der Waals surface area contributed by atoms with Gasteiger partial charge in [0.1, 0.15) is 12.1 Å². The number of hydrogen-bond donors (Lipinski definition) is 3. The van der Waals surface area contributed by atoms with Crippen LogP contribution in [0.4, 0.5) is 0 Å². The molecule has 0 aliphatic carbocycles. The molecule has 2 atom stereocenters. The van der Waals surface area contributed by atoms with Gasteiger partial charge in [-0.25, -0.2) is 0 Å². The van der Waals surface area contributed by atoms with E-state index in [2.05, 4.69) is 10.6 Å². The second kappa shape index (κ2) is 10.0. The number of rotatable bonds is 9. The first kappa shape index (κ1) is 20.8. The number of aliphatic carboxylic acids is 1. The number of carboxylic acids is 1. The third kappa shape index (κ3) is 6.35. The normalized spacial score (nSPS) is 12.5. The van der Waals surface area contributed by atoms with Gasteiger partial charge in [0.25, 0.3) is 5.91 Å². The van der Waals surface area contributed by atoms with E-state index in [1.165, 1.54) is 6.92 Å². The van der Waals surface area contributed by atoms with Crippen LogP contribution in [0, 0.1) is 0 Å². The van der Waals surface area contributed by atoms with Crippen LogP contribution in [-0.4, -0.2) is 40.8 Å². The fourth-order valence-corrected chi connectivity index (χ4v) is 2.57. The SMILES string of the molecule is C[C@H](NC(=O)C(=O)[C@H](Cc1ccccc1)NC(=O)Cc1ccccc1)C(=O)O. The van der Waals surface area contributed by atoms with Crippen molar-refractivity contribution >= 4 is 23.6 Å². The topological polar surface area (TPSA) is 113 Å². The Kier molecular flexibility index (Phi) is 7.45. The molecule has 2 aromatic rings. The standard InChI is InChI=1S/C21H22N2O5/c1-14(21(27)28)22-20(26)19(25)17(12-15-8-4-2-5-9-15)23-18(24)13-16-10-6-3-7-11-16/h2-11,14,17H,12-13H2,1H3,(H,22,26)(H,23,24)(H,27,28)/t14-,17-/m0/s1. The molecule has 0 saturated heterocycles. The number of hydrogen-bond acceptors (Lipinski definition) is 4. The zero-order chi connectivity index (χ0) is 20.5. The van der Waals surface area contributed by atoms with Crippen LogP contribution >= 0.6 is 0 Å². The van der Waals surface area contributed by atoms with Crippen LogP contribution in [0.5, 0.6) is 0 Å². The number of carbonyl (C=O) groups excluding carboxylic acids is 3. The number of ketones is 1. The molecule has 3 N–H and O–H groups in total. The van der Waals surface area contributed by atoms with Crippen molar-refractivity contribution in [3.05, 3.63) is 71.8 Å². The van der Waals surface area contributed by atoms with Gasteiger partial charge in [-0.1, -0.05) is 60.7 Å². The zero-order valence-electron chi connectivity index (χ0n) is 15.4. The largest absolute Gasteiger partial charge is 0.480 e. The van der Waals surface area contributed by atoms with Gasteiger partial charge in [-0.2, -0.15) is 0 Å². The lowest BCUT2D eigenvalue weighted by Gasteiger charge is -2.18. The van der Waals surface area contributed by atoms with Gasteiger partial charge in [0.05, 0.1) is 6.42 Å². The minimum Gasteiger partial charge on any atom is -0.480 e. The third-order valence-electron chi connectivity index (χ3n) is 4.08. The Morgan fingerprint density at radius 3 is 1.93 bits per heavy atom. The summed E-state index contributed by atoms with van der Waals surface area (Å²) < 4.78 is 0. The number of nitrogens with one attached hydrogen (secondary N) is 2. The molecule has 28 heavy (non-hydrogen) atoms. The van der Waals surface area contributed by atoms with Crippen molar-refractivity contribution in [1.82, 2.24) is 10.6 Å². The summed E-state index contributed by atoms with van der Waals surface area (Å²) in [5.41, 5.74) is 1.54. The number of benzene rings is 2. The predicted octanol–water partition coefficient (Wildman–Crippen LogP) is 1.11. The minimum atomic E-state index is -1.26. The molecule has 0 spiro atoms. The van der Waals surface area contributed by atoms with E-state index >= 15 is 0 Å². The van der Waals surface area contributed by atoms with Crippen LogP contribution in [0.25, 0.3) is 0 Å². The summed E-state index contributed by atoms with van der Waals surface area (Å²) in [4.78, 5) is 48.0. The Bertz CT molecular complexity index is 836. The van der Waals surface area contributed by atoms with Gasteiger partial charge < -0.3 is 15.7 Å². The van der Waals surface area contributed by atoms with Gasteiger partial charge >= 0.3 is 5.97 Å². The van der Waals surface area contributed by atoms with Crippen molar-refractivity contribution in [3.8, 4) is 0 Å². The molecule has 0 aromatic heterocycles. The monoisotopic (exact) mass is 382 g/mol. The number of amides is 2. The quantitative estimate of drug-likeness (QED) is 0.563. The van der Waals surface area contributed by atoms with Gasteiger partial charge in [-0.15, -0.1) is 0 Å². The zero-order valence-corrected chi connectivity index (χ0v) is 15.4. The lowest BCUT2D eigenvalue weighted by atomic mass is 10.0. The van der Waals surface area contributed by atoms with Crippen molar-refractivity contribution in [1.29, 1.82) is 0 Å². The van der Waals surface area contributed by atoms with Crippen molar-refractivity contribution < 1.29 is 24.3 Å². The average Bonchev–Trinajstić information content (AvgIpc) is 2.68. The summed E-state index contributed by atoms with van der Waals surface area (Å²) in [6.07, 6.45) is 0.182. The fraction of sp³-hybridized carbons (Fsp3) is 0.238. The molecule has 0 unspecified atom stereocenters. The minimum absolute atomic E-state index is 0.0621. The Balaban J connectivity index is 2.11. The summed E-state index contributed by atoms with van der Waals surface area (Å²) in [6.45, 7) is 1.26. The maximum absolute atomic E-state index is 12.6. The molecule has 0 saturated carbocycles. The van der Waals surface area contributed by atoms with Crippen LogP contribution < -0.4 is 10.6 Å². The highest BCUT2D eigenvalue weighted by atomic mass is 16.4. The molecule has 2 amide bonds. The maximum Gasteiger partial charge on any atom is 0.325 e. The van der Waals surface area contributed by atoms with E-state index in [0.717, 1.165) is 11.1 Å². The van der Waals surface area contributed by atoms with Gasteiger partial charge in [0.2, 0.25) is 11.7 Å². The molecule has 0 radical (unpaired) electrons. The molecule has 2 aromatic carbocycles. The highest BCUT2D eigenvalue weighted by molar-refractivity contribution is 6.38. The highest BCUT2D eigenvalue weighted by Gasteiger charge is 2.29. The Hall–Kier alpha value is -3.48. The lowest BCUT2D eigenvalue weighted by Crippen LogP contribution is -2.51. The second-order valence-electron chi connectivity index (χ2n) is 6.37. The molecule has 0 bridgehead atoms. The first-order chi connectivity index (χ1) is 13.4. The van der Waals surface area contributed by atoms with Crippen LogP contribution in [0.15, 0.2) is 60.7 Å². The molecule has 0 aliphatic heterocycles. The van der Waals surface area contributed by atoms with Crippen LogP contribution in [0.2, 0.25) is 0 Å². The Morgan fingerprint density at radius 1 is 0.857 bits per heavy atom. The van der Waals surface area contributed by atoms with Gasteiger partial charge in [0, 0.05) is 6.42 Å². The second-order valence-corrected chi connectivity index (χ2v) is 6.37. The van der Waals surface area contributed by atoms with Crippen LogP contribution in [0.1, 0.15) is 18.1 Å². The molecule has 7 nitrogen and oxygen atoms in total. The van der Waals surface area contributed by atoms with Crippen molar-refractivity contribution in [2.75, 3.05) is 0 Å². The van der Waals surface area contributed by atoms with E-state index in [0.29, 0.717) is 0 Å². The molecule has 0 fully saturated rings. The van der Waals surface area contributed by atoms with Crippen molar-refractivity contribution in [3.63, 3.8) is 0 Å². The lowest BCUT2D eigenvalue weighted by molar-refractivity contribution is -0.144. The van der Waals surface area contributed by atoms with Crippen LogP contribution in [0.3, 0.4) is 0 Å². The summed E-state index contributed by atoms with van der Waals surface area (Å²) >= 11 is 0. The molecule has 0 aliphatic rings. The summed E-state index contributed by atoms with van der Waals surface area (Å²) in [7, 11) is 0.